The average Bonchev–Trinajstić information content (AvgIpc) is 3.16. The summed E-state index contributed by atoms with van der Waals surface area (Å²) in [6.45, 7) is 6.00. The maximum atomic E-state index is 14.2. The molecule has 0 spiro atoms. The van der Waals surface area contributed by atoms with E-state index in [1.54, 1.807) is 19.1 Å². The van der Waals surface area contributed by atoms with Crippen LogP contribution in [0.1, 0.15) is 41.9 Å². The van der Waals surface area contributed by atoms with Crippen LogP contribution in [0.15, 0.2) is 29.1 Å². The number of hydroxylamine groups is 1. The molecular formula is C20H26FN3O4. The largest absolute Gasteiger partial charge is 0.394 e. The van der Waals surface area contributed by atoms with Gasteiger partial charge in [0.1, 0.15) is 5.82 Å². The number of aryl methyl sites for hydroxylation is 1. The predicted octanol–water partition coefficient (Wildman–Crippen LogP) is 2.67. The van der Waals surface area contributed by atoms with Gasteiger partial charge in [-0.3, -0.25) is 14.4 Å². The average molecular weight is 391 g/mol. The normalized spacial score (nSPS) is 12.0. The number of nitrogens with one attached hydrogen (secondary N) is 2. The second kappa shape index (κ2) is 10.0. The van der Waals surface area contributed by atoms with Crippen LogP contribution >= 0.6 is 0 Å². The SMILES string of the molecule is CC.Cc1ccc(Nc2cc(=O)n3c(c2C(=O)NOCCO)CCC3)c(F)c1. The summed E-state index contributed by atoms with van der Waals surface area (Å²) in [4.78, 5) is 29.8. The van der Waals surface area contributed by atoms with Gasteiger partial charge in [0.15, 0.2) is 0 Å². The van der Waals surface area contributed by atoms with Gasteiger partial charge < -0.3 is 15.0 Å². The number of carbonyl (C=O) groups excluding carboxylic acids is 1. The molecule has 0 unspecified atom stereocenters. The first kappa shape index (κ1) is 21.6. The summed E-state index contributed by atoms with van der Waals surface area (Å²) in [5, 5.41) is 11.6. The standard InChI is InChI=1S/C18H20FN3O4.C2H6/c1-11-4-5-13(12(19)9-11)20-14-10-16(24)22-6-2-3-15(22)17(14)18(25)21-26-8-7-23;1-2/h4-5,9-10,20,23H,2-3,6-8H2,1H3,(H,21,25);1-2H3. The number of aromatic nitrogens is 1. The Morgan fingerprint density at radius 3 is 2.71 bits per heavy atom. The van der Waals surface area contributed by atoms with Gasteiger partial charge in [0, 0.05) is 18.3 Å². The highest BCUT2D eigenvalue weighted by molar-refractivity contribution is 6.01. The number of amides is 1. The number of hydrogen-bond donors (Lipinski definition) is 3. The van der Waals surface area contributed by atoms with E-state index in [-0.39, 0.29) is 35.7 Å². The number of benzene rings is 1. The smallest absolute Gasteiger partial charge is 0.278 e. The van der Waals surface area contributed by atoms with Crippen LogP contribution in [-0.4, -0.2) is 28.8 Å². The number of hydrogen-bond acceptors (Lipinski definition) is 5. The van der Waals surface area contributed by atoms with Gasteiger partial charge in [-0.25, -0.2) is 9.87 Å². The Hall–Kier alpha value is -2.71. The lowest BCUT2D eigenvalue weighted by molar-refractivity contribution is 0.0168. The van der Waals surface area contributed by atoms with Gasteiger partial charge in [0.2, 0.25) is 0 Å². The zero-order valence-electron chi connectivity index (χ0n) is 16.3. The fourth-order valence-electron chi connectivity index (χ4n) is 3.04. The maximum Gasteiger partial charge on any atom is 0.278 e. The van der Waals surface area contributed by atoms with E-state index in [0.717, 1.165) is 12.0 Å². The Bertz CT molecular complexity index is 896. The molecule has 8 heteroatoms. The fraction of sp³-hybridized carbons (Fsp3) is 0.400. The number of nitrogens with zero attached hydrogens (tertiary/aromatic N) is 1. The van der Waals surface area contributed by atoms with E-state index < -0.39 is 11.7 Å². The summed E-state index contributed by atoms with van der Waals surface area (Å²) < 4.78 is 15.7. The van der Waals surface area contributed by atoms with Gasteiger partial charge in [0.25, 0.3) is 11.5 Å². The zero-order chi connectivity index (χ0) is 20.7. The molecule has 1 aliphatic heterocycles. The number of halogens is 1. The van der Waals surface area contributed by atoms with E-state index in [1.807, 2.05) is 13.8 Å². The minimum atomic E-state index is -0.556. The zero-order valence-corrected chi connectivity index (χ0v) is 16.3. The molecule has 0 aliphatic carbocycles. The summed E-state index contributed by atoms with van der Waals surface area (Å²) in [5.41, 5.74) is 3.97. The number of fused-ring (bicyclic) bond motifs is 1. The summed E-state index contributed by atoms with van der Waals surface area (Å²) >= 11 is 0. The highest BCUT2D eigenvalue weighted by Crippen LogP contribution is 2.28. The minimum absolute atomic E-state index is 0.0595. The van der Waals surface area contributed by atoms with Gasteiger partial charge in [-0.1, -0.05) is 19.9 Å². The van der Waals surface area contributed by atoms with Crippen LogP contribution in [-0.2, 0) is 17.8 Å². The molecule has 1 aliphatic rings. The number of aliphatic hydroxyl groups excluding tert-OH is 1. The van der Waals surface area contributed by atoms with Crippen LogP contribution in [0.25, 0.3) is 0 Å². The van der Waals surface area contributed by atoms with Crippen LogP contribution in [0.3, 0.4) is 0 Å². The molecule has 2 aromatic rings. The summed E-state index contributed by atoms with van der Waals surface area (Å²) in [5.74, 6) is -1.03. The van der Waals surface area contributed by atoms with Crippen molar-refractivity contribution in [3.05, 3.63) is 57.3 Å². The topological polar surface area (TPSA) is 92.6 Å². The summed E-state index contributed by atoms with van der Waals surface area (Å²) in [6.07, 6.45) is 1.30. The van der Waals surface area contributed by atoms with Crippen LogP contribution in [0, 0.1) is 12.7 Å². The molecule has 0 bridgehead atoms. The molecule has 152 valence electrons. The van der Waals surface area contributed by atoms with E-state index >= 15 is 0 Å². The van der Waals surface area contributed by atoms with Gasteiger partial charge in [0.05, 0.1) is 30.2 Å². The van der Waals surface area contributed by atoms with E-state index in [2.05, 4.69) is 10.8 Å². The van der Waals surface area contributed by atoms with Crippen LogP contribution < -0.4 is 16.4 Å². The van der Waals surface area contributed by atoms with Crippen molar-refractivity contribution in [3.63, 3.8) is 0 Å². The first-order valence-electron chi connectivity index (χ1n) is 9.34. The van der Waals surface area contributed by atoms with Gasteiger partial charge in [-0.15, -0.1) is 0 Å². The second-order valence-electron chi connectivity index (χ2n) is 6.08. The number of rotatable bonds is 6. The quantitative estimate of drug-likeness (QED) is 0.520. The molecule has 1 aromatic heterocycles. The first-order chi connectivity index (χ1) is 13.5. The molecule has 3 N–H and O–H groups in total. The van der Waals surface area contributed by atoms with Crippen molar-refractivity contribution in [3.8, 4) is 0 Å². The van der Waals surface area contributed by atoms with Crippen LogP contribution in [0.5, 0.6) is 0 Å². The monoisotopic (exact) mass is 391 g/mol. The molecule has 3 rings (SSSR count). The van der Waals surface area contributed by atoms with Gasteiger partial charge in [-0.05, 0) is 37.5 Å². The lowest BCUT2D eigenvalue weighted by atomic mass is 10.1. The van der Waals surface area contributed by atoms with Gasteiger partial charge >= 0.3 is 0 Å². The lowest BCUT2D eigenvalue weighted by Crippen LogP contribution is -2.30. The Balaban J connectivity index is 0.00000136. The number of aliphatic hydroxyl groups is 1. The van der Waals surface area contributed by atoms with Crippen molar-refractivity contribution < 1.29 is 19.1 Å². The predicted molar refractivity (Wildman–Crippen MR) is 105 cm³/mol. The maximum absolute atomic E-state index is 14.2. The van der Waals surface area contributed by atoms with Crippen molar-refractivity contribution in [2.45, 2.75) is 40.2 Å². The Morgan fingerprint density at radius 1 is 1.29 bits per heavy atom. The molecule has 2 heterocycles. The van der Waals surface area contributed by atoms with Crippen LogP contribution in [0.4, 0.5) is 15.8 Å². The molecule has 1 aromatic carbocycles. The second-order valence-corrected chi connectivity index (χ2v) is 6.08. The molecule has 1 amide bonds. The molecule has 0 atom stereocenters. The third kappa shape index (κ3) is 4.76. The molecular weight excluding hydrogens is 365 g/mol. The van der Waals surface area contributed by atoms with E-state index in [1.165, 1.54) is 16.7 Å². The van der Waals surface area contributed by atoms with Gasteiger partial charge in [-0.2, -0.15) is 0 Å². The lowest BCUT2D eigenvalue weighted by Gasteiger charge is -2.17. The molecule has 7 nitrogen and oxygen atoms in total. The third-order valence-electron chi connectivity index (χ3n) is 4.19. The Labute approximate surface area is 163 Å². The minimum Gasteiger partial charge on any atom is -0.394 e. The molecule has 0 saturated carbocycles. The van der Waals surface area contributed by atoms with Crippen molar-refractivity contribution in [2.24, 2.45) is 0 Å². The summed E-state index contributed by atoms with van der Waals surface area (Å²) in [6, 6.07) is 5.94. The van der Waals surface area contributed by atoms with Crippen molar-refractivity contribution >= 4 is 17.3 Å². The van der Waals surface area contributed by atoms with E-state index in [4.69, 9.17) is 9.94 Å². The number of carbonyl (C=O) groups is 1. The van der Waals surface area contributed by atoms with E-state index in [9.17, 15) is 14.0 Å². The highest BCUT2D eigenvalue weighted by atomic mass is 19.1. The molecule has 0 saturated heterocycles. The van der Waals surface area contributed by atoms with Crippen molar-refractivity contribution in [1.29, 1.82) is 0 Å². The summed E-state index contributed by atoms with van der Waals surface area (Å²) in [7, 11) is 0. The van der Waals surface area contributed by atoms with Crippen molar-refractivity contribution in [2.75, 3.05) is 18.5 Å². The fourth-order valence-corrected chi connectivity index (χ4v) is 3.04. The molecule has 28 heavy (non-hydrogen) atoms. The Morgan fingerprint density at radius 2 is 2.04 bits per heavy atom. The Kier molecular flexibility index (Phi) is 7.71. The molecule has 0 radical (unpaired) electrons. The molecule has 0 fully saturated rings. The van der Waals surface area contributed by atoms with Crippen LogP contribution in [0.2, 0.25) is 0 Å². The highest BCUT2D eigenvalue weighted by Gasteiger charge is 2.25. The number of anilines is 2. The number of pyridine rings is 1. The van der Waals surface area contributed by atoms with Crippen molar-refractivity contribution in [1.82, 2.24) is 10.0 Å². The van der Waals surface area contributed by atoms with E-state index in [0.29, 0.717) is 18.7 Å². The first-order valence-corrected chi connectivity index (χ1v) is 9.34. The third-order valence-corrected chi connectivity index (χ3v) is 4.19.